The van der Waals surface area contributed by atoms with Crippen molar-refractivity contribution in [1.29, 1.82) is 0 Å². The Bertz CT molecular complexity index is 424. The van der Waals surface area contributed by atoms with E-state index in [1.807, 2.05) is 0 Å². The second-order valence-corrected chi connectivity index (χ2v) is 3.68. The van der Waals surface area contributed by atoms with Crippen LogP contribution in [0.4, 0.5) is 22.0 Å². The zero-order valence-electron chi connectivity index (χ0n) is 8.64. The number of aliphatic hydroxyl groups excluding tert-OH is 1. The Balaban J connectivity index is 3.29. The highest BCUT2D eigenvalue weighted by atomic mass is 79.9. The molecule has 9 heteroatoms. The van der Waals surface area contributed by atoms with E-state index in [-0.39, 0.29) is 16.6 Å². The third-order valence-corrected chi connectivity index (χ3v) is 2.51. The molecular weight excluding hydrogens is 329 g/mol. The van der Waals surface area contributed by atoms with Gasteiger partial charge in [-0.15, -0.1) is 13.2 Å². The Morgan fingerprint density at radius 3 is 2.39 bits per heavy atom. The van der Waals surface area contributed by atoms with Crippen LogP contribution in [0.15, 0.2) is 6.07 Å². The number of ether oxygens (including phenoxy) is 1. The van der Waals surface area contributed by atoms with Gasteiger partial charge in [0.15, 0.2) is 5.75 Å². The zero-order chi connectivity index (χ0) is 13.9. The van der Waals surface area contributed by atoms with E-state index in [0.717, 1.165) is 6.07 Å². The smallest absolute Gasteiger partial charge is 0.404 e. The van der Waals surface area contributed by atoms with Gasteiger partial charge in [-0.2, -0.15) is 0 Å². The summed E-state index contributed by atoms with van der Waals surface area (Å²) in [5, 5.41) is 8.94. The summed E-state index contributed by atoms with van der Waals surface area (Å²) in [6, 6.07) is 0.780. The molecule has 1 N–H and O–H groups in total. The molecule has 1 rings (SSSR count). The minimum absolute atomic E-state index is 0.0492. The first-order valence-electron chi connectivity index (χ1n) is 4.52. The van der Waals surface area contributed by atoms with Gasteiger partial charge in [-0.25, -0.2) is 13.8 Å². The molecule has 1 aromatic rings. The van der Waals surface area contributed by atoms with Crippen LogP contribution in [0.3, 0.4) is 0 Å². The van der Waals surface area contributed by atoms with Gasteiger partial charge in [0.25, 0.3) is 6.43 Å². The summed E-state index contributed by atoms with van der Waals surface area (Å²) in [5.74, 6) is -1.07. The lowest BCUT2D eigenvalue weighted by Crippen LogP contribution is -2.19. The molecule has 0 atom stereocenters. The van der Waals surface area contributed by atoms with Crippen molar-refractivity contribution in [3.05, 3.63) is 23.0 Å². The number of nitrogens with zero attached hydrogens (tertiary/aromatic N) is 1. The number of halogens is 6. The molecule has 0 aliphatic carbocycles. The molecule has 0 bridgehead atoms. The fourth-order valence-electron chi connectivity index (χ4n) is 1.20. The van der Waals surface area contributed by atoms with Crippen LogP contribution in [0.2, 0.25) is 0 Å². The van der Waals surface area contributed by atoms with Gasteiger partial charge in [0, 0.05) is 5.33 Å². The van der Waals surface area contributed by atoms with E-state index >= 15 is 0 Å². The second kappa shape index (κ2) is 5.79. The molecule has 0 aromatic carbocycles. The van der Waals surface area contributed by atoms with E-state index in [1.165, 1.54) is 0 Å². The summed E-state index contributed by atoms with van der Waals surface area (Å²) in [7, 11) is 0. The van der Waals surface area contributed by atoms with E-state index in [2.05, 4.69) is 25.7 Å². The molecular formula is C9H7BrF5NO2. The monoisotopic (exact) mass is 335 g/mol. The number of pyridine rings is 1. The van der Waals surface area contributed by atoms with E-state index in [4.69, 9.17) is 5.11 Å². The fourth-order valence-corrected chi connectivity index (χ4v) is 1.69. The van der Waals surface area contributed by atoms with Gasteiger partial charge in [-0.05, 0) is 11.6 Å². The number of aromatic nitrogens is 1. The van der Waals surface area contributed by atoms with Crippen LogP contribution < -0.4 is 4.74 Å². The van der Waals surface area contributed by atoms with Crippen molar-refractivity contribution >= 4 is 15.9 Å². The molecule has 3 nitrogen and oxygen atoms in total. The highest BCUT2D eigenvalue weighted by Gasteiger charge is 2.34. The summed E-state index contributed by atoms with van der Waals surface area (Å²) in [5.41, 5.74) is -1.14. The molecule has 0 radical (unpaired) electrons. The lowest BCUT2D eigenvalue weighted by Gasteiger charge is -2.15. The third kappa shape index (κ3) is 3.77. The standard InChI is InChI=1S/C9H7BrF5NO2/c10-2-4-1-6(18-9(13,14)15)7(8(11)12)16-5(4)3-17/h1,8,17H,2-3H2. The minimum Gasteiger partial charge on any atom is -0.404 e. The van der Waals surface area contributed by atoms with Crippen LogP contribution in [0.1, 0.15) is 23.4 Å². The first-order chi connectivity index (χ1) is 8.28. The molecule has 18 heavy (non-hydrogen) atoms. The number of aliphatic hydroxyl groups is 1. The van der Waals surface area contributed by atoms with E-state index in [9.17, 15) is 22.0 Å². The van der Waals surface area contributed by atoms with Crippen molar-refractivity contribution in [2.45, 2.75) is 24.7 Å². The van der Waals surface area contributed by atoms with Crippen LogP contribution in [0.25, 0.3) is 0 Å². The maximum absolute atomic E-state index is 12.6. The zero-order valence-corrected chi connectivity index (χ0v) is 10.2. The minimum atomic E-state index is -5.09. The number of rotatable bonds is 4. The third-order valence-electron chi connectivity index (χ3n) is 1.91. The van der Waals surface area contributed by atoms with Crippen molar-refractivity contribution in [2.75, 3.05) is 0 Å². The predicted molar refractivity (Wildman–Crippen MR) is 54.4 cm³/mol. The van der Waals surface area contributed by atoms with E-state index in [1.54, 1.807) is 0 Å². The van der Waals surface area contributed by atoms with Crippen LogP contribution in [-0.4, -0.2) is 16.5 Å². The van der Waals surface area contributed by atoms with Crippen LogP contribution in [0.5, 0.6) is 5.75 Å². The van der Waals surface area contributed by atoms with Gasteiger partial charge in [0.2, 0.25) is 0 Å². The molecule has 1 heterocycles. The van der Waals surface area contributed by atoms with Crippen molar-refractivity contribution < 1.29 is 31.8 Å². The van der Waals surface area contributed by atoms with Crippen molar-refractivity contribution in [3.8, 4) is 5.75 Å². The molecule has 0 aliphatic rings. The molecule has 102 valence electrons. The quantitative estimate of drug-likeness (QED) is 0.678. The Hall–Kier alpha value is -0.960. The van der Waals surface area contributed by atoms with Crippen LogP contribution in [-0.2, 0) is 11.9 Å². The fraction of sp³-hybridized carbons (Fsp3) is 0.444. The average Bonchev–Trinajstić information content (AvgIpc) is 2.25. The maximum Gasteiger partial charge on any atom is 0.573 e. The van der Waals surface area contributed by atoms with Gasteiger partial charge in [0.1, 0.15) is 5.69 Å². The van der Waals surface area contributed by atoms with Gasteiger partial charge in [-0.3, -0.25) is 0 Å². The number of alkyl halides is 6. The van der Waals surface area contributed by atoms with Gasteiger partial charge < -0.3 is 9.84 Å². The van der Waals surface area contributed by atoms with Gasteiger partial charge in [0.05, 0.1) is 12.3 Å². The molecule has 0 saturated carbocycles. The summed E-state index contributed by atoms with van der Waals surface area (Å²) in [4.78, 5) is 3.29. The lowest BCUT2D eigenvalue weighted by molar-refractivity contribution is -0.275. The largest absolute Gasteiger partial charge is 0.573 e. The Morgan fingerprint density at radius 1 is 1.39 bits per heavy atom. The Morgan fingerprint density at radius 2 is 2.00 bits per heavy atom. The molecule has 0 unspecified atom stereocenters. The Labute approximate surface area is 107 Å². The molecule has 0 spiro atoms. The highest BCUT2D eigenvalue weighted by Crippen LogP contribution is 2.33. The molecule has 0 amide bonds. The Kier molecular flexibility index (Phi) is 4.85. The average molecular weight is 336 g/mol. The summed E-state index contributed by atoms with van der Waals surface area (Å²) in [6.07, 6.45) is -8.33. The van der Waals surface area contributed by atoms with Gasteiger partial charge >= 0.3 is 6.36 Å². The van der Waals surface area contributed by atoms with E-state index < -0.39 is 30.8 Å². The predicted octanol–water partition coefficient (Wildman–Crippen LogP) is 3.31. The molecule has 0 fully saturated rings. The SMILES string of the molecule is OCc1nc(C(F)F)c(OC(F)(F)F)cc1CBr. The lowest BCUT2D eigenvalue weighted by atomic mass is 10.2. The summed E-state index contributed by atoms with van der Waals surface area (Å²) >= 11 is 2.95. The molecule has 0 saturated heterocycles. The van der Waals surface area contributed by atoms with Gasteiger partial charge in [-0.1, -0.05) is 15.9 Å². The molecule has 1 aromatic heterocycles. The van der Waals surface area contributed by atoms with E-state index in [0.29, 0.717) is 0 Å². The molecule has 0 aliphatic heterocycles. The van der Waals surface area contributed by atoms with Crippen LogP contribution >= 0.6 is 15.9 Å². The normalized spacial score (nSPS) is 12.0. The second-order valence-electron chi connectivity index (χ2n) is 3.12. The summed E-state index contributed by atoms with van der Waals surface area (Å²) in [6.45, 7) is -0.660. The number of hydrogen-bond donors (Lipinski definition) is 1. The van der Waals surface area contributed by atoms with Crippen LogP contribution in [0, 0.1) is 0 Å². The topological polar surface area (TPSA) is 42.4 Å². The highest BCUT2D eigenvalue weighted by molar-refractivity contribution is 9.08. The van der Waals surface area contributed by atoms with Crippen molar-refractivity contribution in [1.82, 2.24) is 4.98 Å². The maximum atomic E-state index is 12.6. The first-order valence-corrected chi connectivity index (χ1v) is 5.64. The number of hydrogen-bond acceptors (Lipinski definition) is 3. The van der Waals surface area contributed by atoms with Crippen molar-refractivity contribution in [2.24, 2.45) is 0 Å². The first kappa shape index (κ1) is 15.1. The van der Waals surface area contributed by atoms with Crippen molar-refractivity contribution in [3.63, 3.8) is 0 Å². The summed E-state index contributed by atoms with van der Waals surface area (Å²) < 4.78 is 64.7.